The van der Waals surface area contributed by atoms with Crippen LogP contribution in [0.25, 0.3) is 0 Å². The third-order valence-corrected chi connectivity index (χ3v) is 5.30. The van der Waals surface area contributed by atoms with E-state index in [2.05, 4.69) is 31.8 Å². The van der Waals surface area contributed by atoms with Crippen LogP contribution < -0.4 is 15.4 Å². The molecular weight excluding hydrogens is 508 g/mol. The fourth-order valence-corrected chi connectivity index (χ4v) is 3.86. The van der Waals surface area contributed by atoms with Crippen LogP contribution in [0, 0.1) is 0 Å². The van der Waals surface area contributed by atoms with Crippen LogP contribution >= 0.6 is 24.0 Å². The number of nitrogens with one attached hydrogen (secondary N) is 2. The van der Waals surface area contributed by atoms with E-state index in [-0.39, 0.29) is 41.7 Å². The molecule has 0 aromatic heterocycles. The zero-order chi connectivity index (χ0) is 21.0. The van der Waals surface area contributed by atoms with Crippen LogP contribution in [0.1, 0.15) is 37.7 Å². The molecule has 9 heteroatoms. The highest BCUT2D eigenvalue weighted by Gasteiger charge is 2.42. The number of likely N-dealkylation sites (tertiary alicyclic amines) is 1. The quantitative estimate of drug-likeness (QED) is 0.246. The van der Waals surface area contributed by atoms with Crippen LogP contribution in [0.3, 0.4) is 0 Å². The van der Waals surface area contributed by atoms with Gasteiger partial charge in [0, 0.05) is 44.7 Å². The van der Waals surface area contributed by atoms with Gasteiger partial charge in [0.15, 0.2) is 5.96 Å². The molecule has 2 aliphatic rings. The second-order valence-electron chi connectivity index (χ2n) is 7.90. The topological polar surface area (TPSA) is 48.9 Å². The van der Waals surface area contributed by atoms with Crippen molar-refractivity contribution in [1.29, 1.82) is 0 Å². The van der Waals surface area contributed by atoms with Gasteiger partial charge < -0.3 is 15.4 Å². The lowest BCUT2D eigenvalue weighted by Crippen LogP contribution is -2.49. The average molecular weight is 538 g/mol. The lowest BCUT2D eigenvalue weighted by Gasteiger charge is -2.33. The maximum Gasteiger partial charge on any atom is 0.573 e. The minimum absolute atomic E-state index is 0. The van der Waals surface area contributed by atoms with E-state index < -0.39 is 6.36 Å². The Labute approximate surface area is 193 Å². The number of alkyl halides is 3. The van der Waals surface area contributed by atoms with E-state index in [1.165, 1.54) is 11.6 Å². The summed E-state index contributed by atoms with van der Waals surface area (Å²) in [6, 6.07) is 6.73. The van der Waals surface area contributed by atoms with E-state index in [0.717, 1.165) is 38.9 Å². The summed E-state index contributed by atoms with van der Waals surface area (Å²) in [5, 5.41) is 6.80. The molecule has 1 aliphatic heterocycles. The molecule has 1 saturated heterocycles. The van der Waals surface area contributed by atoms with Crippen LogP contribution in [0.5, 0.6) is 5.75 Å². The van der Waals surface area contributed by atoms with Crippen molar-refractivity contribution in [3.05, 3.63) is 42.0 Å². The molecule has 3 rings (SSSR count). The van der Waals surface area contributed by atoms with Gasteiger partial charge in [0.05, 0.1) is 0 Å². The first-order valence-electron chi connectivity index (χ1n) is 9.96. The standard InChI is InChI=1S/C21H29F3N4O.HI/c1-14(2)13-28-10-8-15(9-11-28)26-20(25-3)27-18-12-17(18)16-6-4-5-7-19(16)29-21(22,23)24;/h4-7,15,17-18H,1,8-13H2,2-3H3,(H2,25,26,27);1H. The van der Waals surface area contributed by atoms with E-state index in [1.54, 1.807) is 25.2 Å². The number of aliphatic imine (C=N–C) groups is 1. The van der Waals surface area contributed by atoms with Crippen LogP contribution in [0.4, 0.5) is 13.2 Å². The number of ether oxygens (including phenoxy) is 1. The predicted molar refractivity (Wildman–Crippen MR) is 124 cm³/mol. The van der Waals surface area contributed by atoms with Crippen LogP contribution in [-0.2, 0) is 0 Å². The molecule has 2 atom stereocenters. The number of hydrogen-bond acceptors (Lipinski definition) is 3. The summed E-state index contributed by atoms with van der Waals surface area (Å²) in [5.74, 6) is 0.553. The first kappa shape index (κ1) is 24.8. The summed E-state index contributed by atoms with van der Waals surface area (Å²) in [5.41, 5.74) is 1.74. The molecule has 0 radical (unpaired) electrons. The van der Waals surface area contributed by atoms with Gasteiger partial charge in [-0.2, -0.15) is 0 Å². The van der Waals surface area contributed by atoms with E-state index in [9.17, 15) is 13.2 Å². The summed E-state index contributed by atoms with van der Waals surface area (Å²) < 4.78 is 42.1. The third-order valence-electron chi connectivity index (χ3n) is 5.30. The largest absolute Gasteiger partial charge is 0.573 e. The highest BCUT2D eigenvalue weighted by atomic mass is 127. The Balaban J connectivity index is 0.00000320. The van der Waals surface area contributed by atoms with Crippen molar-refractivity contribution < 1.29 is 17.9 Å². The Morgan fingerprint density at radius 3 is 2.50 bits per heavy atom. The summed E-state index contributed by atoms with van der Waals surface area (Å²) in [7, 11) is 1.71. The van der Waals surface area contributed by atoms with Crippen molar-refractivity contribution in [2.24, 2.45) is 4.99 Å². The van der Waals surface area contributed by atoms with Crippen LogP contribution in [0.15, 0.2) is 41.4 Å². The summed E-state index contributed by atoms with van der Waals surface area (Å²) in [6.07, 6.45) is -1.91. The zero-order valence-corrected chi connectivity index (χ0v) is 19.7. The molecule has 1 saturated carbocycles. The second kappa shape index (κ2) is 10.7. The fraction of sp³-hybridized carbons (Fsp3) is 0.571. The van der Waals surface area contributed by atoms with Gasteiger partial charge in [-0.15, -0.1) is 37.1 Å². The molecule has 30 heavy (non-hydrogen) atoms. The number of piperidine rings is 1. The van der Waals surface area contributed by atoms with E-state index >= 15 is 0 Å². The van der Waals surface area contributed by atoms with Crippen molar-refractivity contribution in [2.75, 3.05) is 26.7 Å². The van der Waals surface area contributed by atoms with Gasteiger partial charge in [-0.3, -0.25) is 9.89 Å². The highest BCUT2D eigenvalue weighted by Crippen LogP contribution is 2.45. The van der Waals surface area contributed by atoms with Crippen molar-refractivity contribution in [3.63, 3.8) is 0 Å². The lowest BCUT2D eigenvalue weighted by molar-refractivity contribution is -0.274. The molecule has 0 bridgehead atoms. The molecular formula is C21H30F3IN4O. The number of nitrogens with zero attached hydrogens (tertiary/aromatic N) is 2. The van der Waals surface area contributed by atoms with Gasteiger partial charge in [0.1, 0.15) is 5.75 Å². The minimum Gasteiger partial charge on any atom is -0.405 e. The number of benzene rings is 1. The zero-order valence-electron chi connectivity index (χ0n) is 17.3. The molecule has 1 aromatic rings. The maximum atomic E-state index is 12.6. The van der Waals surface area contributed by atoms with Crippen LogP contribution in [0.2, 0.25) is 0 Å². The molecule has 168 valence electrons. The number of rotatable bonds is 6. The summed E-state index contributed by atoms with van der Waals surface area (Å²) >= 11 is 0. The molecule has 2 unspecified atom stereocenters. The highest BCUT2D eigenvalue weighted by molar-refractivity contribution is 14.0. The molecule has 0 amide bonds. The van der Waals surface area contributed by atoms with E-state index in [4.69, 9.17) is 0 Å². The molecule has 1 aliphatic carbocycles. The van der Waals surface area contributed by atoms with Gasteiger partial charge in [0.25, 0.3) is 0 Å². The molecule has 1 aromatic carbocycles. The number of hydrogen-bond donors (Lipinski definition) is 2. The SMILES string of the molecule is C=C(C)CN1CCC(NC(=NC)NC2CC2c2ccccc2OC(F)(F)F)CC1.I. The number of guanidine groups is 1. The van der Waals surface area contributed by atoms with E-state index in [0.29, 0.717) is 17.6 Å². The Morgan fingerprint density at radius 1 is 1.23 bits per heavy atom. The Morgan fingerprint density at radius 2 is 1.90 bits per heavy atom. The van der Waals surface area contributed by atoms with Crippen LogP contribution in [-0.4, -0.2) is 56.0 Å². The third kappa shape index (κ3) is 7.33. The maximum absolute atomic E-state index is 12.6. The smallest absolute Gasteiger partial charge is 0.405 e. The predicted octanol–water partition coefficient (Wildman–Crippen LogP) is 4.26. The van der Waals surface area contributed by atoms with Gasteiger partial charge in [-0.05, 0) is 37.8 Å². The second-order valence-corrected chi connectivity index (χ2v) is 7.90. The molecule has 2 N–H and O–H groups in total. The number of para-hydroxylation sites is 1. The normalized spacial score (nSPS) is 22.8. The average Bonchev–Trinajstić information content (AvgIpc) is 3.40. The van der Waals surface area contributed by atoms with Gasteiger partial charge in [-0.25, -0.2) is 0 Å². The van der Waals surface area contributed by atoms with Gasteiger partial charge >= 0.3 is 6.36 Å². The Bertz CT molecular complexity index is 748. The van der Waals surface area contributed by atoms with Crippen molar-refractivity contribution >= 4 is 29.9 Å². The summed E-state index contributed by atoms with van der Waals surface area (Å²) in [4.78, 5) is 6.69. The van der Waals surface area contributed by atoms with E-state index in [1.807, 2.05) is 6.92 Å². The fourth-order valence-electron chi connectivity index (χ4n) is 3.86. The number of halogens is 4. The molecule has 1 heterocycles. The molecule has 0 spiro atoms. The molecule has 2 fully saturated rings. The Kier molecular flexibility index (Phi) is 8.84. The molecule has 5 nitrogen and oxygen atoms in total. The minimum atomic E-state index is -4.69. The first-order chi connectivity index (χ1) is 13.7. The van der Waals surface area contributed by atoms with Gasteiger partial charge in [-0.1, -0.05) is 30.4 Å². The summed E-state index contributed by atoms with van der Waals surface area (Å²) in [6.45, 7) is 8.96. The van der Waals surface area contributed by atoms with Gasteiger partial charge in [0.2, 0.25) is 0 Å². The van der Waals surface area contributed by atoms with Crippen molar-refractivity contribution in [3.8, 4) is 5.75 Å². The van der Waals surface area contributed by atoms with Crippen molar-refractivity contribution in [2.45, 2.75) is 50.6 Å². The van der Waals surface area contributed by atoms with Crippen molar-refractivity contribution in [1.82, 2.24) is 15.5 Å². The Hall–Kier alpha value is -1.49. The monoisotopic (exact) mass is 538 g/mol. The lowest BCUT2D eigenvalue weighted by atomic mass is 10.0. The first-order valence-corrected chi connectivity index (χ1v) is 9.96.